The minimum Gasteiger partial charge on any atom is -0.497 e. The van der Waals surface area contributed by atoms with Crippen molar-refractivity contribution in [2.75, 3.05) is 19.0 Å². The Labute approximate surface area is 196 Å². The van der Waals surface area contributed by atoms with E-state index in [4.69, 9.17) is 9.47 Å². The maximum absolute atomic E-state index is 12.8. The van der Waals surface area contributed by atoms with E-state index < -0.39 is 0 Å². The standard InChI is InChI=1S/C25H24N6O3/c1-4-34-21-11-6-5-10-18(21)19-13-22(32)28-24-23(19)15(2)30-31(24)25-27-20(14-26-29-25)16-8-7-9-17(12-16)33-3/h5-12,14,19H,4,13H2,1-3H3,(H,28,32)/t19-/m0/s1. The monoisotopic (exact) mass is 456 g/mol. The molecule has 9 nitrogen and oxygen atoms in total. The Morgan fingerprint density at radius 3 is 2.85 bits per heavy atom. The zero-order valence-corrected chi connectivity index (χ0v) is 19.1. The van der Waals surface area contributed by atoms with Crippen molar-refractivity contribution in [3.63, 3.8) is 0 Å². The summed E-state index contributed by atoms with van der Waals surface area (Å²) >= 11 is 0. The summed E-state index contributed by atoms with van der Waals surface area (Å²) in [6.07, 6.45) is 1.88. The number of anilines is 1. The lowest BCUT2D eigenvalue weighted by Gasteiger charge is -2.25. The van der Waals surface area contributed by atoms with Gasteiger partial charge in [-0.1, -0.05) is 30.3 Å². The summed E-state index contributed by atoms with van der Waals surface area (Å²) < 4.78 is 12.7. The van der Waals surface area contributed by atoms with Gasteiger partial charge < -0.3 is 14.8 Å². The fourth-order valence-corrected chi connectivity index (χ4v) is 4.32. The molecular weight excluding hydrogens is 432 g/mol. The van der Waals surface area contributed by atoms with Gasteiger partial charge in [-0.3, -0.25) is 4.79 Å². The van der Waals surface area contributed by atoms with Crippen LogP contribution >= 0.6 is 0 Å². The average molecular weight is 457 g/mol. The predicted molar refractivity (Wildman–Crippen MR) is 126 cm³/mol. The number of hydrogen-bond donors (Lipinski definition) is 1. The summed E-state index contributed by atoms with van der Waals surface area (Å²) in [5.74, 6) is 1.99. The predicted octanol–water partition coefficient (Wildman–Crippen LogP) is 3.91. The van der Waals surface area contributed by atoms with Gasteiger partial charge in [0.2, 0.25) is 5.91 Å². The van der Waals surface area contributed by atoms with Crippen LogP contribution < -0.4 is 14.8 Å². The first kappa shape index (κ1) is 21.6. The summed E-state index contributed by atoms with van der Waals surface area (Å²) in [4.78, 5) is 17.4. The molecule has 0 unspecified atom stereocenters. The molecule has 3 heterocycles. The van der Waals surface area contributed by atoms with Crippen LogP contribution in [0.3, 0.4) is 0 Å². The van der Waals surface area contributed by atoms with Crippen molar-refractivity contribution in [1.29, 1.82) is 0 Å². The number of nitrogens with zero attached hydrogens (tertiary/aromatic N) is 5. The Bertz CT molecular complexity index is 1370. The third kappa shape index (κ3) is 3.85. The molecule has 1 aliphatic rings. The molecule has 34 heavy (non-hydrogen) atoms. The molecule has 1 atom stereocenters. The van der Waals surface area contributed by atoms with Crippen LogP contribution in [0.2, 0.25) is 0 Å². The van der Waals surface area contributed by atoms with E-state index in [1.807, 2.05) is 62.4 Å². The Hall–Kier alpha value is -4.27. The van der Waals surface area contributed by atoms with Gasteiger partial charge in [0.15, 0.2) is 0 Å². The number of carbonyl (C=O) groups excluding carboxylic acids is 1. The van der Waals surface area contributed by atoms with Crippen molar-refractivity contribution in [2.24, 2.45) is 0 Å². The summed E-state index contributed by atoms with van der Waals surface area (Å²) in [5.41, 5.74) is 4.10. The minimum atomic E-state index is -0.199. The molecule has 5 rings (SSSR count). The average Bonchev–Trinajstić information content (AvgIpc) is 3.20. The van der Waals surface area contributed by atoms with Crippen molar-refractivity contribution < 1.29 is 14.3 Å². The normalized spacial score (nSPS) is 14.9. The van der Waals surface area contributed by atoms with Crippen molar-refractivity contribution in [2.45, 2.75) is 26.2 Å². The lowest BCUT2D eigenvalue weighted by atomic mass is 9.85. The van der Waals surface area contributed by atoms with Gasteiger partial charge in [0, 0.05) is 29.0 Å². The van der Waals surface area contributed by atoms with E-state index in [0.717, 1.165) is 28.1 Å². The van der Waals surface area contributed by atoms with Gasteiger partial charge in [0.25, 0.3) is 5.95 Å². The number of methoxy groups -OCH3 is 1. The van der Waals surface area contributed by atoms with Gasteiger partial charge in [-0.2, -0.15) is 14.9 Å². The molecule has 4 aromatic rings. The number of para-hydroxylation sites is 1. The maximum Gasteiger partial charge on any atom is 0.272 e. The number of ether oxygens (including phenoxy) is 2. The third-order valence-corrected chi connectivity index (χ3v) is 5.80. The summed E-state index contributed by atoms with van der Waals surface area (Å²) in [7, 11) is 1.62. The molecule has 9 heteroatoms. The first-order valence-corrected chi connectivity index (χ1v) is 11.0. The Kier molecular flexibility index (Phi) is 5.67. The zero-order chi connectivity index (χ0) is 23.7. The third-order valence-electron chi connectivity index (χ3n) is 5.80. The Morgan fingerprint density at radius 1 is 1.18 bits per heavy atom. The number of carbonyl (C=O) groups is 1. The quantitative estimate of drug-likeness (QED) is 0.469. The van der Waals surface area contributed by atoms with Crippen molar-refractivity contribution >= 4 is 11.7 Å². The lowest BCUT2D eigenvalue weighted by molar-refractivity contribution is -0.116. The van der Waals surface area contributed by atoms with Crippen LogP contribution in [0.4, 0.5) is 5.82 Å². The van der Waals surface area contributed by atoms with Crippen molar-refractivity contribution in [1.82, 2.24) is 25.0 Å². The minimum absolute atomic E-state index is 0.109. The number of rotatable bonds is 6. The van der Waals surface area contributed by atoms with Crippen LogP contribution in [0, 0.1) is 6.92 Å². The molecule has 1 amide bonds. The van der Waals surface area contributed by atoms with Gasteiger partial charge in [0.1, 0.15) is 17.3 Å². The number of hydrogen-bond acceptors (Lipinski definition) is 7. The second-order valence-electron chi connectivity index (χ2n) is 7.91. The van der Waals surface area contributed by atoms with Gasteiger partial charge in [-0.25, -0.2) is 4.98 Å². The van der Waals surface area contributed by atoms with E-state index in [2.05, 4.69) is 25.6 Å². The smallest absolute Gasteiger partial charge is 0.272 e. The second kappa shape index (κ2) is 8.93. The van der Waals surface area contributed by atoms with Crippen LogP contribution in [-0.4, -0.2) is 44.6 Å². The van der Waals surface area contributed by atoms with E-state index in [1.165, 1.54) is 0 Å². The molecule has 0 saturated carbocycles. The van der Waals surface area contributed by atoms with E-state index in [-0.39, 0.29) is 17.8 Å². The molecule has 172 valence electrons. The van der Waals surface area contributed by atoms with Gasteiger partial charge in [-0.05, 0) is 32.0 Å². The molecule has 2 aromatic carbocycles. The molecule has 0 bridgehead atoms. The number of aromatic nitrogens is 5. The SMILES string of the molecule is CCOc1ccccc1[C@@H]1CC(=O)Nc2c1c(C)nn2-c1nncc(-c2cccc(OC)c2)n1. The van der Waals surface area contributed by atoms with Crippen LogP contribution in [-0.2, 0) is 4.79 Å². The fraction of sp³-hybridized carbons (Fsp3) is 0.240. The summed E-state index contributed by atoms with van der Waals surface area (Å²) in [5, 5.41) is 16.0. The highest BCUT2D eigenvalue weighted by Crippen LogP contribution is 2.42. The number of amides is 1. The van der Waals surface area contributed by atoms with Crippen molar-refractivity contribution in [3.8, 4) is 28.7 Å². The molecule has 2 aromatic heterocycles. The highest BCUT2D eigenvalue weighted by molar-refractivity contribution is 5.95. The number of nitrogens with one attached hydrogen (secondary N) is 1. The van der Waals surface area contributed by atoms with E-state index in [1.54, 1.807) is 18.0 Å². The number of fused-ring (bicyclic) bond motifs is 1. The Morgan fingerprint density at radius 2 is 2.03 bits per heavy atom. The number of benzene rings is 2. The molecule has 0 aliphatic carbocycles. The van der Waals surface area contributed by atoms with E-state index >= 15 is 0 Å². The van der Waals surface area contributed by atoms with Crippen LogP contribution in [0.15, 0.2) is 54.7 Å². The Balaban J connectivity index is 1.61. The first-order chi connectivity index (χ1) is 16.6. The van der Waals surface area contributed by atoms with Gasteiger partial charge in [0.05, 0.1) is 31.3 Å². The second-order valence-corrected chi connectivity index (χ2v) is 7.91. The van der Waals surface area contributed by atoms with Gasteiger partial charge >= 0.3 is 0 Å². The molecule has 0 spiro atoms. The molecule has 0 fully saturated rings. The first-order valence-electron chi connectivity index (χ1n) is 11.0. The molecule has 1 aliphatic heterocycles. The topological polar surface area (TPSA) is 104 Å². The van der Waals surface area contributed by atoms with Crippen LogP contribution in [0.1, 0.15) is 36.1 Å². The summed E-state index contributed by atoms with van der Waals surface area (Å²) in [6.45, 7) is 4.40. The maximum atomic E-state index is 12.8. The van der Waals surface area contributed by atoms with Crippen LogP contribution in [0.25, 0.3) is 17.2 Å². The van der Waals surface area contributed by atoms with E-state index in [0.29, 0.717) is 30.3 Å². The van der Waals surface area contributed by atoms with Crippen molar-refractivity contribution in [3.05, 3.63) is 71.5 Å². The lowest BCUT2D eigenvalue weighted by Crippen LogP contribution is -2.25. The zero-order valence-electron chi connectivity index (χ0n) is 19.1. The molecular formula is C25H24N6O3. The van der Waals surface area contributed by atoms with Crippen LogP contribution in [0.5, 0.6) is 11.5 Å². The fourth-order valence-electron chi connectivity index (χ4n) is 4.32. The molecule has 0 saturated heterocycles. The van der Waals surface area contributed by atoms with Gasteiger partial charge in [-0.15, -0.1) is 5.10 Å². The highest BCUT2D eigenvalue weighted by Gasteiger charge is 2.34. The highest BCUT2D eigenvalue weighted by atomic mass is 16.5. The molecule has 0 radical (unpaired) electrons. The molecule has 1 N–H and O–H groups in total. The summed E-state index contributed by atoms with van der Waals surface area (Å²) in [6, 6.07) is 15.3. The van der Waals surface area contributed by atoms with E-state index in [9.17, 15) is 4.79 Å². The largest absolute Gasteiger partial charge is 0.497 e. The number of aryl methyl sites for hydroxylation is 1.